The number of pyridine rings is 1. The Balaban J connectivity index is 1.73. The van der Waals surface area contributed by atoms with Crippen molar-refractivity contribution in [3.63, 3.8) is 0 Å². The smallest absolute Gasteiger partial charge is 0.126 e. The minimum absolute atomic E-state index is 0.204. The number of nitrogens with one attached hydrogen (secondary N) is 2. The summed E-state index contributed by atoms with van der Waals surface area (Å²) in [4.78, 5) is 4.45. The molecule has 1 saturated carbocycles. The van der Waals surface area contributed by atoms with Gasteiger partial charge in [-0.25, -0.2) is 4.98 Å². The molecule has 1 aliphatic rings. The maximum Gasteiger partial charge on any atom is 0.126 e. The number of rotatable bonds is 3. The van der Waals surface area contributed by atoms with Crippen LogP contribution >= 0.6 is 0 Å². The zero-order chi connectivity index (χ0) is 15.8. The van der Waals surface area contributed by atoms with Gasteiger partial charge in [-0.2, -0.15) is 5.10 Å². The summed E-state index contributed by atoms with van der Waals surface area (Å²) in [6.07, 6.45) is 4.11. The Hall–Kier alpha value is -2.60. The van der Waals surface area contributed by atoms with Crippen LogP contribution in [0.2, 0.25) is 0 Å². The molecule has 4 rings (SSSR count). The summed E-state index contributed by atoms with van der Waals surface area (Å²) in [7, 11) is 0. The van der Waals surface area contributed by atoms with Crippen LogP contribution in [0.15, 0.2) is 36.5 Å². The van der Waals surface area contributed by atoms with Crippen molar-refractivity contribution in [3.8, 4) is 11.3 Å². The number of anilines is 2. The Labute approximate surface area is 133 Å². The van der Waals surface area contributed by atoms with E-state index in [4.69, 9.17) is 5.73 Å². The molecule has 1 aromatic carbocycles. The number of aromatic amines is 1. The monoisotopic (exact) mass is 309 g/mol. The number of hydrogen-bond donors (Lipinski definition) is 4. The first-order chi connectivity index (χ1) is 11.2. The van der Waals surface area contributed by atoms with Crippen molar-refractivity contribution in [1.29, 1.82) is 0 Å². The first-order valence-corrected chi connectivity index (χ1v) is 7.83. The van der Waals surface area contributed by atoms with Gasteiger partial charge in [0.2, 0.25) is 0 Å². The van der Waals surface area contributed by atoms with Crippen molar-refractivity contribution in [2.24, 2.45) is 0 Å². The first kappa shape index (κ1) is 14.0. The van der Waals surface area contributed by atoms with E-state index in [1.165, 1.54) is 0 Å². The summed E-state index contributed by atoms with van der Waals surface area (Å²) < 4.78 is 0. The second-order valence-corrected chi connectivity index (χ2v) is 6.11. The lowest BCUT2D eigenvalue weighted by molar-refractivity contribution is 0.182. The molecule has 0 radical (unpaired) electrons. The van der Waals surface area contributed by atoms with Gasteiger partial charge in [-0.05, 0) is 31.4 Å². The average molecular weight is 309 g/mol. The van der Waals surface area contributed by atoms with Gasteiger partial charge in [0.15, 0.2) is 0 Å². The predicted octanol–water partition coefficient (Wildman–Crippen LogP) is 2.53. The van der Waals surface area contributed by atoms with E-state index in [1.807, 2.05) is 30.3 Å². The Morgan fingerprint density at radius 3 is 2.87 bits per heavy atom. The van der Waals surface area contributed by atoms with E-state index < -0.39 is 0 Å². The van der Waals surface area contributed by atoms with Crippen molar-refractivity contribution >= 4 is 22.4 Å². The van der Waals surface area contributed by atoms with Crippen LogP contribution in [0.25, 0.3) is 22.2 Å². The van der Waals surface area contributed by atoms with Crippen molar-refractivity contribution < 1.29 is 5.11 Å². The minimum Gasteiger partial charge on any atom is -0.393 e. The fraction of sp³-hybridized carbons (Fsp3) is 0.294. The number of aromatic nitrogens is 3. The largest absolute Gasteiger partial charge is 0.393 e. The third-order valence-corrected chi connectivity index (χ3v) is 4.41. The number of H-pyrrole nitrogens is 1. The molecule has 2 atom stereocenters. The lowest BCUT2D eigenvalue weighted by atomic mass is 10.1. The van der Waals surface area contributed by atoms with Gasteiger partial charge in [-0.15, -0.1) is 0 Å². The number of aliphatic hydroxyl groups excluding tert-OH is 1. The van der Waals surface area contributed by atoms with Gasteiger partial charge < -0.3 is 16.2 Å². The van der Waals surface area contributed by atoms with Crippen molar-refractivity contribution in [2.45, 2.75) is 31.4 Å². The van der Waals surface area contributed by atoms with Crippen molar-refractivity contribution in [1.82, 2.24) is 15.2 Å². The van der Waals surface area contributed by atoms with Gasteiger partial charge in [0.05, 0.1) is 17.3 Å². The molecule has 0 aliphatic heterocycles. The highest BCUT2D eigenvalue weighted by molar-refractivity contribution is 5.95. The zero-order valence-electron chi connectivity index (χ0n) is 12.7. The molecule has 0 spiro atoms. The predicted molar refractivity (Wildman–Crippen MR) is 91.0 cm³/mol. The van der Waals surface area contributed by atoms with E-state index in [2.05, 4.69) is 20.5 Å². The highest BCUT2D eigenvalue weighted by Crippen LogP contribution is 2.31. The normalized spacial score (nSPS) is 20.9. The SMILES string of the molecule is Nc1cc(N[C@@H]2CC[C@@H](O)C2)c2ccc(-c3ccn[nH]3)cc2n1. The third-order valence-electron chi connectivity index (χ3n) is 4.41. The Morgan fingerprint density at radius 2 is 2.13 bits per heavy atom. The molecule has 0 bridgehead atoms. The maximum atomic E-state index is 9.70. The van der Waals surface area contributed by atoms with Gasteiger partial charge in [-0.1, -0.05) is 12.1 Å². The van der Waals surface area contributed by atoms with Crippen LogP contribution in [0.1, 0.15) is 19.3 Å². The molecule has 1 fully saturated rings. The highest BCUT2D eigenvalue weighted by atomic mass is 16.3. The standard InChI is InChI=1S/C17H19N5O/c18-17-9-16(20-11-2-3-12(23)8-11)13-4-1-10(7-15(13)21-17)14-5-6-19-22-14/h1,4-7,9,11-12,23H,2-3,8H2,(H,19,22)(H3,18,20,21)/t11-,12-/m1/s1. The molecule has 1 aliphatic carbocycles. The van der Waals surface area contributed by atoms with E-state index in [1.54, 1.807) is 6.20 Å². The number of nitrogens with two attached hydrogens (primary N) is 1. The van der Waals surface area contributed by atoms with E-state index in [9.17, 15) is 5.11 Å². The van der Waals surface area contributed by atoms with Gasteiger partial charge in [0.1, 0.15) is 5.82 Å². The summed E-state index contributed by atoms with van der Waals surface area (Å²) in [5, 5.41) is 21.2. The molecule has 6 heteroatoms. The van der Waals surface area contributed by atoms with Crippen LogP contribution in [-0.4, -0.2) is 32.4 Å². The van der Waals surface area contributed by atoms with Crippen molar-refractivity contribution in [3.05, 3.63) is 36.5 Å². The summed E-state index contributed by atoms with van der Waals surface area (Å²) in [6.45, 7) is 0. The molecule has 0 amide bonds. The maximum absolute atomic E-state index is 9.70. The van der Waals surface area contributed by atoms with Gasteiger partial charge in [0, 0.05) is 34.9 Å². The van der Waals surface area contributed by atoms with Gasteiger partial charge in [0.25, 0.3) is 0 Å². The molecule has 5 N–H and O–H groups in total. The van der Waals surface area contributed by atoms with E-state index in [-0.39, 0.29) is 12.1 Å². The lowest BCUT2D eigenvalue weighted by Crippen LogP contribution is -2.17. The molecular weight excluding hydrogens is 290 g/mol. The van der Waals surface area contributed by atoms with Crippen LogP contribution in [0.3, 0.4) is 0 Å². The molecule has 118 valence electrons. The number of hydrogen-bond acceptors (Lipinski definition) is 5. The number of nitrogen functional groups attached to an aromatic ring is 1. The molecule has 2 aromatic heterocycles. The summed E-state index contributed by atoms with van der Waals surface area (Å²) in [6, 6.07) is 10.2. The summed E-state index contributed by atoms with van der Waals surface area (Å²) in [5.41, 5.74) is 9.77. The van der Waals surface area contributed by atoms with Crippen LogP contribution < -0.4 is 11.1 Å². The summed E-state index contributed by atoms with van der Waals surface area (Å²) in [5.74, 6) is 0.486. The van der Waals surface area contributed by atoms with Gasteiger partial charge >= 0.3 is 0 Å². The van der Waals surface area contributed by atoms with Crippen LogP contribution in [0, 0.1) is 0 Å². The number of benzene rings is 1. The molecule has 3 aromatic rings. The second-order valence-electron chi connectivity index (χ2n) is 6.11. The lowest BCUT2D eigenvalue weighted by Gasteiger charge is -2.16. The highest BCUT2D eigenvalue weighted by Gasteiger charge is 2.23. The molecular formula is C17H19N5O. The minimum atomic E-state index is -0.204. The number of aliphatic hydroxyl groups is 1. The van der Waals surface area contributed by atoms with Crippen molar-refractivity contribution in [2.75, 3.05) is 11.1 Å². The van der Waals surface area contributed by atoms with E-state index in [0.717, 1.165) is 47.1 Å². The van der Waals surface area contributed by atoms with E-state index >= 15 is 0 Å². The topological polar surface area (TPSA) is 99.9 Å². The second kappa shape index (κ2) is 5.55. The zero-order valence-corrected chi connectivity index (χ0v) is 12.7. The van der Waals surface area contributed by atoms with Crippen LogP contribution in [0.4, 0.5) is 11.5 Å². The third kappa shape index (κ3) is 2.73. The fourth-order valence-electron chi connectivity index (χ4n) is 3.26. The molecule has 23 heavy (non-hydrogen) atoms. The van der Waals surface area contributed by atoms with Crippen LogP contribution in [0.5, 0.6) is 0 Å². The van der Waals surface area contributed by atoms with Gasteiger partial charge in [-0.3, -0.25) is 5.10 Å². The van der Waals surface area contributed by atoms with Crippen LogP contribution in [-0.2, 0) is 0 Å². The molecule has 2 heterocycles. The Bertz CT molecular complexity index is 830. The summed E-state index contributed by atoms with van der Waals surface area (Å²) >= 11 is 0. The number of nitrogens with zero attached hydrogens (tertiary/aromatic N) is 2. The fourth-order valence-corrected chi connectivity index (χ4v) is 3.26. The molecule has 6 nitrogen and oxygen atoms in total. The molecule has 0 unspecified atom stereocenters. The Kier molecular flexibility index (Phi) is 3.38. The van der Waals surface area contributed by atoms with E-state index in [0.29, 0.717) is 5.82 Å². The average Bonchev–Trinajstić information content (AvgIpc) is 3.18. The molecule has 0 saturated heterocycles. The number of fused-ring (bicyclic) bond motifs is 1. The Morgan fingerprint density at radius 1 is 1.22 bits per heavy atom. The first-order valence-electron chi connectivity index (χ1n) is 7.83. The quantitative estimate of drug-likeness (QED) is 0.596.